The van der Waals surface area contributed by atoms with Crippen LogP contribution in [0.25, 0.3) is 17.0 Å². The fourth-order valence-corrected chi connectivity index (χ4v) is 2.42. The Morgan fingerprint density at radius 3 is 2.74 bits per heavy atom. The van der Waals surface area contributed by atoms with Crippen LogP contribution in [0.3, 0.4) is 0 Å². The molecule has 1 aliphatic heterocycles. The minimum Gasteiger partial charge on any atom is -0.478 e. The standard InChI is InChI=1S/C14H13NO4/c1-8-9-5-12-13(19-7-18-12)6-11(9)15(2)10(8)3-4-14(16)17/h3-6H,7H2,1-2H3,(H,16,17)/b4-3+. The maximum absolute atomic E-state index is 10.6. The Kier molecular flexibility index (Phi) is 2.48. The molecular weight excluding hydrogens is 246 g/mol. The Morgan fingerprint density at radius 2 is 2.05 bits per heavy atom. The van der Waals surface area contributed by atoms with Gasteiger partial charge < -0.3 is 19.1 Å². The molecule has 2 aromatic rings. The minimum absolute atomic E-state index is 0.247. The summed E-state index contributed by atoms with van der Waals surface area (Å²) in [4.78, 5) is 10.6. The van der Waals surface area contributed by atoms with Gasteiger partial charge in [0, 0.05) is 30.3 Å². The summed E-state index contributed by atoms with van der Waals surface area (Å²) in [6.45, 7) is 2.21. The van der Waals surface area contributed by atoms with E-state index in [4.69, 9.17) is 14.6 Å². The quantitative estimate of drug-likeness (QED) is 0.841. The highest BCUT2D eigenvalue weighted by molar-refractivity contribution is 5.93. The van der Waals surface area contributed by atoms with E-state index >= 15 is 0 Å². The molecule has 2 heterocycles. The number of benzene rings is 1. The van der Waals surface area contributed by atoms with Gasteiger partial charge in [0.05, 0.1) is 5.52 Å². The molecule has 0 unspecified atom stereocenters. The maximum Gasteiger partial charge on any atom is 0.328 e. The number of aromatic nitrogens is 1. The van der Waals surface area contributed by atoms with Gasteiger partial charge in [0.25, 0.3) is 0 Å². The lowest BCUT2D eigenvalue weighted by Crippen LogP contribution is -1.94. The van der Waals surface area contributed by atoms with Crippen LogP contribution in [0.1, 0.15) is 11.3 Å². The molecule has 1 N–H and O–H groups in total. The van der Waals surface area contributed by atoms with Crippen LogP contribution in [0.15, 0.2) is 18.2 Å². The Balaban J connectivity index is 2.23. The van der Waals surface area contributed by atoms with Gasteiger partial charge in [-0.25, -0.2) is 4.79 Å². The third kappa shape index (κ3) is 1.74. The number of carbonyl (C=O) groups is 1. The van der Waals surface area contributed by atoms with Gasteiger partial charge in [-0.3, -0.25) is 0 Å². The van der Waals surface area contributed by atoms with Crippen molar-refractivity contribution in [1.82, 2.24) is 4.57 Å². The molecule has 3 rings (SSSR count). The number of carboxylic acid groups (broad SMARTS) is 1. The van der Waals surface area contributed by atoms with Crippen molar-refractivity contribution in [2.75, 3.05) is 6.79 Å². The van der Waals surface area contributed by atoms with E-state index in [1.807, 2.05) is 30.7 Å². The van der Waals surface area contributed by atoms with Crippen LogP contribution in [-0.2, 0) is 11.8 Å². The summed E-state index contributed by atoms with van der Waals surface area (Å²) in [5.74, 6) is 0.496. The molecule has 5 heteroatoms. The smallest absolute Gasteiger partial charge is 0.328 e. The van der Waals surface area contributed by atoms with Crippen molar-refractivity contribution in [3.8, 4) is 11.5 Å². The monoisotopic (exact) mass is 259 g/mol. The van der Waals surface area contributed by atoms with E-state index in [0.717, 1.165) is 39.7 Å². The highest BCUT2D eigenvalue weighted by Crippen LogP contribution is 2.38. The van der Waals surface area contributed by atoms with Gasteiger partial charge in [-0.2, -0.15) is 0 Å². The summed E-state index contributed by atoms with van der Waals surface area (Å²) in [6, 6.07) is 3.86. The Morgan fingerprint density at radius 1 is 1.37 bits per heavy atom. The van der Waals surface area contributed by atoms with Crippen molar-refractivity contribution < 1.29 is 19.4 Å². The SMILES string of the molecule is Cc1c(/C=C/C(=O)O)n(C)c2cc3c(cc12)OCO3. The average molecular weight is 259 g/mol. The second-order valence-corrected chi connectivity index (χ2v) is 4.46. The molecule has 19 heavy (non-hydrogen) atoms. The fraction of sp³-hybridized carbons (Fsp3) is 0.214. The van der Waals surface area contributed by atoms with E-state index in [1.54, 1.807) is 6.08 Å². The highest BCUT2D eigenvalue weighted by atomic mass is 16.7. The van der Waals surface area contributed by atoms with E-state index in [0.29, 0.717) is 0 Å². The van der Waals surface area contributed by atoms with Crippen molar-refractivity contribution in [2.45, 2.75) is 6.92 Å². The van der Waals surface area contributed by atoms with Gasteiger partial charge in [-0.05, 0) is 24.6 Å². The molecule has 0 saturated heterocycles. The van der Waals surface area contributed by atoms with Crippen LogP contribution in [0.2, 0.25) is 0 Å². The molecule has 98 valence electrons. The molecule has 1 aliphatic rings. The lowest BCUT2D eigenvalue weighted by Gasteiger charge is -2.00. The number of ether oxygens (including phenoxy) is 2. The van der Waals surface area contributed by atoms with Crippen LogP contribution >= 0.6 is 0 Å². The highest BCUT2D eigenvalue weighted by Gasteiger charge is 2.18. The molecule has 1 aromatic carbocycles. The molecule has 1 aromatic heterocycles. The van der Waals surface area contributed by atoms with Crippen LogP contribution in [0.4, 0.5) is 0 Å². The van der Waals surface area contributed by atoms with E-state index in [-0.39, 0.29) is 6.79 Å². The Hall–Kier alpha value is -2.43. The third-order valence-corrected chi connectivity index (χ3v) is 3.39. The molecule has 0 saturated carbocycles. The zero-order valence-electron chi connectivity index (χ0n) is 10.6. The number of hydrogen-bond donors (Lipinski definition) is 1. The van der Waals surface area contributed by atoms with Crippen molar-refractivity contribution >= 4 is 22.9 Å². The van der Waals surface area contributed by atoms with E-state index in [9.17, 15) is 4.79 Å². The van der Waals surface area contributed by atoms with Gasteiger partial charge in [0.15, 0.2) is 11.5 Å². The molecule has 0 amide bonds. The van der Waals surface area contributed by atoms with E-state index in [2.05, 4.69) is 0 Å². The first-order valence-corrected chi connectivity index (χ1v) is 5.87. The van der Waals surface area contributed by atoms with Crippen molar-refractivity contribution in [3.63, 3.8) is 0 Å². The molecule has 5 nitrogen and oxygen atoms in total. The second-order valence-electron chi connectivity index (χ2n) is 4.46. The van der Waals surface area contributed by atoms with Gasteiger partial charge in [-0.15, -0.1) is 0 Å². The zero-order chi connectivity index (χ0) is 13.6. The zero-order valence-corrected chi connectivity index (χ0v) is 10.6. The third-order valence-electron chi connectivity index (χ3n) is 3.39. The summed E-state index contributed by atoms with van der Waals surface area (Å²) < 4.78 is 12.7. The molecule has 0 spiro atoms. The van der Waals surface area contributed by atoms with Gasteiger partial charge >= 0.3 is 5.97 Å². The summed E-state index contributed by atoms with van der Waals surface area (Å²) in [5.41, 5.74) is 2.88. The topological polar surface area (TPSA) is 60.7 Å². The summed E-state index contributed by atoms with van der Waals surface area (Å²) >= 11 is 0. The molecule has 0 radical (unpaired) electrons. The number of rotatable bonds is 2. The number of aryl methyl sites for hydroxylation is 2. The lowest BCUT2D eigenvalue weighted by atomic mass is 10.1. The van der Waals surface area contributed by atoms with E-state index < -0.39 is 5.97 Å². The van der Waals surface area contributed by atoms with Crippen LogP contribution in [-0.4, -0.2) is 22.4 Å². The predicted octanol–water partition coefficient (Wildman–Crippen LogP) is 2.31. The van der Waals surface area contributed by atoms with Crippen LogP contribution < -0.4 is 9.47 Å². The fourth-order valence-electron chi connectivity index (χ4n) is 2.42. The van der Waals surface area contributed by atoms with Crippen LogP contribution in [0.5, 0.6) is 11.5 Å². The van der Waals surface area contributed by atoms with Gasteiger partial charge in [0.1, 0.15) is 0 Å². The summed E-state index contributed by atoms with van der Waals surface area (Å²) in [6.07, 6.45) is 2.74. The van der Waals surface area contributed by atoms with Crippen molar-refractivity contribution in [3.05, 3.63) is 29.5 Å². The molecule has 0 aliphatic carbocycles. The number of nitrogens with zero attached hydrogens (tertiary/aromatic N) is 1. The largest absolute Gasteiger partial charge is 0.478 e. The minimum atomic E-state index is -0.959. The number of fused-ring (bicyclic) bond motifs is 2. The predicted molar refractivity (Wildman–Crippen MR) is 70.4 cm³/mol. The maximum atomic E-state index is 10.6. The van der Waals surface area contributed by atoms with Crippen LogP contribution in [0, 0.1) is 6.92 Å². The lowest BCUT2D eigenvalue weighted by molar-refractivity contribution is -0.131. The van der Waals surface area contributed by atoms with Gasteiger partial charge in [0.2, 0.25) is 6.79 Å². The number of aliphatic carboxylic acids is 1. The Labute approximate surface area is 109 Å². The first kappa shape index (κ1) is 11.6. The summed E-state index contributed by atoms with van der Waals surface area (Å²) in [5, 5.41) is 9.77. The van der Waals surface area contributed by atoms with Gasteiger partial charge in [-0.1, -0.05) is 0 Å². The molecule has 0 atom stereocenters. The van der Waals surface area contributed by atoms with Crippen molar-refractivity contribution in [2.24, 2.45) is 7.05 Å². The van der Waals surface area contributed by atoms with Crippen molar-refractivity contribution in [1.29, 1.82) is 0 Å². The number of hydrogen-bond acceptors (Lipinski definition) is 3. The molecule has 0 bridgehead atoms. The second kappa shape index (κ2) is 4.05. The molecular formula is C14H13NO4. The Bertz CT molecular complexity index is 665. The molecule has 0 fully saturated rings. The average Bonchev–Trinajstić information content (AvgIpc) is 2.91. The van der Waals surface area contributed by atoms with E-state index in [1.165, 1.54) is 0 Å². The first-order chi connectivity index (χ1) is 9.08. The summed E-state index contributed by atoms with van der Waals surface area (Å²) in [7, 11) is 1.90. The number of carboxylic acids is 1. The first-order valence-electron chi connectivity index (χ1n) is 5.87. The normalized spacial score (nSPS) is 13.6.